The van der Waals surface area contributed by atoms with E-state index in [1.54, 1.807) is 12.3 Å². The van der Waals surface area contributed by atoms with Gasteiger partial charge >= 0.3 is 0 Å². The highest BCUT2D eigenvalue weighted by Gasteiger charge is 2.28. The predicted molar refractivity (Wildman–Crippen MR) is 89.8 cm³/mol. The Morgan fingerprint density at radius 1 is 1.21 bits per heavy atom. The van der Waals surface area contributed by atoms with E-state index in [1.165, 1.54) is 0 Å². The number of rotatable bonds is 3. The van der Waals surface area contributed by atoms with Gasteiger partial charge < -0.3 is 14.9 Å². The second-order valence-corrected chi connectivity index (χ2v) is 5.71. The maximum atomic E-state index is 12.2. The van der Waals surface area contributed by atoms with Crippen LogP contribution in [0.2, 0.25) is 0 Å². The monoisotopic (exact) mass is 323 g/mol. The van der Waals surface area contributed by atoms with Crippen LogP contribution >= 0.6 is 0 Å². The maximum absolute atomic E-state index is 12.2. The lowest BCUT2D eigenvalue weighted by Crippen LogP contribution is -2.47. The highest BCUT2D eigenvalue weighted by molar-refractivity contribution is 5.84. The van der Waals surface area contributed by atoms with Crippen molar-refractivity contribution in [2.75, 3.05) is 6.61 Å². The molecule has 1 aliphatic carbocycles. The molecule has 122 valence electrons. The lowest BCUT2D eigenvalue weighted by atomic mass is 9.92. The minimum atomic E-state index is -0.687. The zero-order valence-corrected chi connectivity index (χ0v) is 12.9. The number of amides is 1. The number of nitrogens with one attached hydrogen (secondary N) is 2. The predicted octanol–water partition coefficient (Wildman–Crippen LogP) is 1.53. The van der Waals surface area contributed by atoms with E-state index >= 15 is 0 Å². The normalized spacial score (nSPS) is 27.8. The molecular formula is C18H17N3O3. The first kappa shape index (κ1) is 14.6. The number of hydrogen-bond donors (Lipinski definition) is 2. The molecule has 6 nitrogen and oxygen atoms in total. The van der Waals surface area contributed by atoms with Crippen LogP contribution in [0.3, 0.4) is 0 Å². The first-order valence-corrected chi connectivity index (χ1v) is 7.83. The van der Waals surface area contributed by atoms with E-state index in [4.69, 9.17) is 9.47 Å². The van der Waals surface area contributed by atoms with Crippen LogP contribution in [0.15, 0.2) is 65.3 Å². The standard InChI is InChI=1S/C18H17N3O3/c22-18(17-11-23-15-7-3-4-8-16(15)24-17)21-20-10-12-9-19-14-6-2-1-5-13(12)14/h1-10,13-14,17,20H,11H2,(H,21,22)/t13-,14+,17-/m0/s1. The van der Waals surface area contributed by atoms with Crippen LogP contribution in [0.4, 0.5) is 0 Å². The van der Waals surface area contributed by atoms with Crippen molar-refractivity contribution < 1.29 is 14.3 Å². The molecule has 2 N–H and O–H groups in total. The minimum Gasteiger partial charge on any atom is -0.485 e. The third-order valence-corrected chi connectivity index (χ3v) is 4.12. The number of hydrogen-bond acceptors (Lipinski definition) is 5. The lowest BCUT2D eigenvalue weighted by molar-refractivity contribution is -0.131. The highest BCUT2D eigenvalue weighted by Crippen LogP contribution is 2.31. The Morgan fingerprint density at radius 2 is 2.04 bits per heavy atom. The summed E-state index contributed by atoms with van der Waals surface area (Å²) in [7, 11) is 0. The second-order valence-electron chi connectivity index (χ2n) is 5.71. The van der Waals surface area contributed by atoms with Crippen LogP contribution in [-0.2, 0) is 4.79 Å². The van der Waals surface area contributed by atoms with Gasteiger partial charge in [-0.15, -0.1) is 0 Å². The SMILES string of the molecule is O=C(NNC=C1C=N[C@@H]2C=CC=C[C@@H]12)[C@@H]1COc2ccccc2O1. The van der Waals surface area contributed by atoms with Crippen molar-refractivity contribution in [3.8, 4) is 11.5 Å². The molecule has 0 radical (unpaired) electrons. The number of carbonyl (C=O) groups is 1. The van der Waals surface area contributed by atoms with Crippen molar-refractivity contribution in [1.82, 2.24) is 10.9 Å². The molecule has 6 heteroatoms. The van der Waals surface area contributed by atoms with Gasteiger partial charge in [-0.3, -0.25) is 15.2 Å². The van der Waals surface area contributed by atoms with Crippen LogP contribution in [-0.4, -0.2) is 30.9 Å². The van der Waals surface area contributed by atoms with E-state index < -0.39 is 6.10 Å². The number of hydrazine groups is 1. The number of ether oxygens (including phenoxy) is 2. The molecule has 1 aromatic rings. The number of carbonyl (C=O) groups excluding carboxylic acids is 1. The van der Waals surface area contributed by atoms with E-state index in [9.17, 15) is 4.79 Å². The molecule has 3 aliphatic rings. The Balaban J connectivity index is 1.33. The molecule has 0 saturated carbocycles. The summed E-state index contributed by atoms with van der Waals surface area (Å²) in [5.41, 5.74) is 6.49. The van der Waals surface area contributed by atoms with Crippen molar-refractivity contribution in [2.24, 2.45) is 10.9 Å². The van der Waals surface area contributed by atoms with Gasteiger partial charge in [0, 0.05) is 18.3 Å². The van der Waals surface area contributed by atoms with Gasteiger partial charge in [0.1, 0.15) is 6.61 Å². The van der Waals surface area contributed by atoms with Gasteiger partial charge in [0.2, 0.25) is 6.10 Å². The number of nitrogens with zero attached hydrogens (tertiary/aromatic N) is 1. The quantitative estimate of drug-likeness (QED) is 0.828. The maximum Gasteiger partial charge on any atom is 0.282 e. The van der Waals surface area contributed by atoms with Crippen molar-refractivity contribution in [3.05, 3.63) is 60.3 Å². The summed E-state index contributed by atoms with van der Waals surface area (Å²) in [6, 6.07) is 7.45. The van der Waals surface area contributed by atoms with Crippen molar-refractivity contribution in [3.63, 3.8) is 0 Å². The Labute approximate surface area is 139 Å². The van der Waals surface area contributed by atoms with Crippen LogP contribution in [0.5, 0.6) is 11.5 Å². The highest BCUT2D eigenvalue weighted by atomic mass is 16.6. The molecule has 0 aromatic heterocycles. The Morgan fingerprint density at radius 3 is 2.96 bits per heavy atom. The third-order valence-electron chi connectivity index (χ3n) is 4.12. The fourth-order valence-corrected chi connectivity index (χ4v) is 2.86. The van der Waals surface area contributed by atoms with E-state index in [2.05, 4.69) is 28.0 Å². The fraction of sp³-hybridized carbons (Fsp3) is 0.222. The van der Waals surface area contributed by atoms with Crippen LogP contribution in [0, 0.1) is 5.92 Å². The van der Waals surface area contributed by atoms with Crippen molar-refractivity contribution in [1.29, 1.82) is 0 Å². The molecular weight excluding hydrogens is 306 g/mol. The molecule has 0 spiro atoms. The summed E-state index contributed by atoms with van der Waals surface area (Å²) in [6.07, 6.45) is 11.1. The number of para-hydroxylation sites is 2. The molecule has 4 rings (SSSR count). The average molecular weight is 323 g/mol. The Bertz CT molecular complexity index is 767. The molecule has 1 aromatic carbocycles. The van der Waals surface area contributed by atoms with Crippen molar-refractivity contribution in [2.45, 2.75) is 12.1 Å². The van der Waals surface area contributed by atoms with Crippen molar-refractivity contribution >= 4 is 12.1 Å². The topological polar surface area (TPSA) is 72.0 Å². The zero-order valence-electron chi connectivity index (χ0n) is 12.9. The summed E-state index contributed by atoms with van der Waals surface area (Å²) in [5, 5.41) is 0. The summed E-state index contributed by atoms with van der Waals surface area (Å²) < 4.78 is 11.2. The molecule has 0 fully saturated rings. The average Bonchev–Trinajstić information content (AvgIpc) is 3.04. The van der Waals surface area contributed by atoms with Gasteiger partial charge in [-0.25, -0.2) is 0 Å². The summed E-state index contributed by atoms with van der Waals surface area (Å²) in [5.74, 6) is 1.17. The van der Waals surface area contributed by atoms with Gasteiger partial charge in [-0.05, 0) is 17.7 Å². The Kier molecular flexibility index (Phi) is 3.78. The molecule has 0 bridgehead atoms. The molecule has 0 unspecified atom stereocenters. The lowest BCUT2D eigenvalue weighted by Gasteiger charge is -2.25. The Hall–Kier alpha value is -3.02. The second kappa shape index (κ2) is 6.23. The third kappa shape index (κ3) is 2.78. The molecule has 24 heavy (non-hydrogen) atoms. The van der Waals surface area contributed by atoms with Gasteiger partial charge in [-0.2, -0.15) is 0 Å². The first-order valence-electron chi connectivity index (χ1n) is 7.83. The zero-order chi connectivity index (χ0) is 16.4. The molecule has 1 amide bonds. The van der Waals surface area contributed by atoms with Crippen LogP contribution < -0.4 is 20.3 Å². The molecule has 2 heterocycles. The fourth-order valence-electron chi connectivity index (χ4n) is 2.86. The van der Waals surface area contributed by atoms with Gasteiger partial charge in [0.15, 0.2) is 11.5 Å². The van der Waals surface area contributed by atoms with E-state index in [1.807, 2.05) is 36.6 Å². The van der Waals surface area contributed by atoms with E-state index in [0.29, 0.717) is 11.5 Å². The summed E-state index contributed by atoms with van der Waals surface area (Å²) >= 11 is 0. The summed E-state index contributed by atoms with van der Waals surface area (Å²) in [6.45, 7) is 0.181. The molecule has 3 atom stereocenters. The van der Waals surface area contributed by atoms with Gasteiger partial charge in [-0.1, -0.05) is 36.4 Å². The first-order chi connectivity index (χ1) is 11.8. The molecule has 2 aliphatic heterocycles. The van der Waals surface area contributed by atoms with Crippen LogP contribution in [0.25, 0.3) is 0 Å². The number of fused-ring (bicyclic) bond motifs is 2. The van der Waals surface area contributed by atoms with Gasteiger partial charge in [0.05, 0.1) is 6.04 Å². The number of allylic oxidation sites excluding steroid dienone is 2. The smallest absolute Gasteiger partial charge is 0.282 e. The largest absolute Gasteiger partial charge is 0.485 e. The van der Waals surface area contributed by atoms with E-state index in [-0.39, 0.29) is 24.5 Å². The molecule has 0 saturated heterocycles. The van der Waals surface area contributed by atoms with E-state index in [0.717, 1.165) is 5.57 Å². The number of aliphatic imine (C=N–C) groups is 1. The number of benzene rings is 1. The van der Waals surface area contributed by atoms with Gasteiger partial charge in [0.25, 0.3) is 5.91 Å². The van der Waals surface area contributed by atoms with Crippen LogP contribution in [0.1, 0.15) is 0 Å². The summed E-state index contributed by atoms with van der Waals surface area (Å²) in [4.78, 5) is 16.6. The minimum absolute atomic E-state index is 0.158.